The van der Waals surface area contributed by atoms with Gasteiger partial charge in [0.15, 0.2) is 11.5 Å². The number of methoxy groups -OCH3 is 3. The molecule has 30 heavy (non-hydrogen) atoms. The van der Waals surface area contributed by atoms with Crippen LogP contribution in [0.15, 0.2) is 12.1 Å². The van der Waals surface area contributed by atoms with E-state index in [0.29, 0.717) is 41.9 Å². The van der Waals surface area contributed by atoms with Crippen molar-refractivity contribution in [3.63, 3.8) is 0 Å². The average molecular weight is 415 g/mol. The molecule has 4 aliphatic heterocycles. The summed E-state index contributed by atoms with van der Waals surface area (Å²) in [6, 6.07) is 3.73. The van der Waals surface area contributed by atoms with Crippen LogP contribution in [0, 0.1) is 17.3 Å². The van der Waals surface area contributed by atoms with Gasteiger partial charge >= 0.3 is 5.97 Å². The second kappa shape index (κ2) is 6.61. The summed E-state index contributed by atoms with van der Waals surface area (Å²) in [6.45, 7) is 4.00. The smallest absolute Gasteiger partial charge is 0.314 e. The fourth-order valence-electron chi connectivity index (χ4n) is 7.33. The highest BCUT2D eigenvalue weighted by Crippen LogP contribution is 2.66. The van der Waals surface area contributed by atoms with E-state index in [4.69, 9.17) is 14.2 Å². The molecule has 1 saturated carbocycles. The van der Waals surface area contributed by atoms with Crippen molar-refractivity contribution in [1.29, 1.82) is 0 Å². The molecule has 1 aliphatic carbocycles. The number of nitrogens with one attached hydrogen (secondary N) is 1. The van der Waals surface area contributed by atoms with Crippen molar-refractivity contribution >= 4 is 17.6 Å². The van der Waals surface area contributed by atoms with E-state index in [0.717, 1.165) is 31.5 Å². The van der Waals surface area contributed by atoms with Crippen LogP contribution in [0.2, 0.25) is 0 Å². The number of hydrogen-bond acceptors (Lipinski definition) is 6. The monoisotopic (exact) mass is 414 g/mol. The van der Waals surface area contributed by atoms with Crippen molar-refractivity contribution in [2.24, 2.45) is 17.3 Å². The van der Waals surface area contributed by atoms with E-state index in [9.17, 15) is 9.59 Å². The maximum Gasteiger partial charge on any atom is 0.314 e. The molecular formula is C23H30N2O5. The first-order valence-corrected chi connectivity index (χ1v) is 10.9. The van der Waals surface area contributed by atoms with Gasteiger partial charge < -0.3 is 19.5 Å². The molecule has 4 heterocycles. The zero-order valence-corrected chi connectivity index (χ0v) is 18.1. The highest BCUT2D eigenvalue weighted by Gasteiger charge is 2.75. The van der Waals surface area contributed by atoms with Gasteiger partial charge in [0.2, 0.25) is 5.91 Å². The minimum absolute atomic E-state index is 0.0125. The first kappa shape index (κ1) is 19.7. The minimum atomic E-state index is -0.956. The number of ether oxygens (including phenoxy) is 3. The lowest BCUT2D eigenvalue weighted by molar-refractivity contribution is -0.204. The Morgan fingerprint density at radius 2 is 1.97 bits per heavy atom. The SMILES string of the molecule is CC[C@@H]1C[C@H]2CN3CC[C@@]4(C(=O)Nc5cc(OC)c(OC)cc54)[C@@](C(=O)OC)(C2)[C@@H]13. The van der Waals surface area contributed by atoms with Crippen molar-refractivity contribution in [3.05, 3.63) is 17.7 Å². The number of esters is 1. The number of anilines is 1. The summed E-state index contributed by atoms with van der Waals surface area (Å²) in [5.41, 5.74) is -0.291. The van der Waals surface area contributed by atoms with Gasteiger partial charge in [-0.1, -0.05) is 13.3 Å². The van der Waals surface area contributed by atoms with Crippen LogP contribution in [0.5, 0.6) is 11.5 Å². The summed E-state index contributed by atoms with van der Waals surface area (Å²) in [6.07, 6.45) is 3.40. The van der Waals surface area contributed by atoms with Gasteiger partial charge in [0.05, 0.1) is 26.7 Å². The van der Waals surface area contributed by atoms with Crippen LogP contribution >= 0.6 is 0 Å². The maximum absolute atomic E-state index is 13.8. The Morgan fingerprint density at radius 3 is 2.63 bits per heavy atom. The molecule has 1 aromatic rings. The lowest BCUT2D eigenvalue weighted by atomic mass is 9.44. The van der Waals surface area contributed by atoms with Crippen LogP contribution in [-0.2, 0) is 19.7 Å². The summed E-state index contributed by atoms with van der Waals surface area (Å²) < 4.78 is 16.5. The molecule has 3 saturated heterocycles. The Balaban J connectivity index is 1.78. The Morgan fingerprint density at radius 1 is 1.23 bits per heavy atom. The number of nitrogens with zero attached hydrogens (tertiary/aromatic N) is 1. The lowest BCUT2D eigenvalue weighted by Gasteiger charge is -2.66. The highest BCUT2D eigenvalue weighted by molar-refractivity contribution is 6.10. The molecule has 7 nitrogen and oxygen atoms in total. The van der Waals surface area contributed by atoms with E-state index in [1.54, 1.807) is 14.2 Å². The maximum atomic E-state index is 13.8. The van der Waals surface area contributed by atoms with Crippen molar-refractivity contribution in [1.82, 2.24) is 4.90 Å². The second-order valence-corrected chi connectivity index (χ2v) is 9.24. The van der Waals surface area contributed by atoms with Gasteiger partial charge in [-0.3, -0.25) is 14.5 Å². The molecule has 1 spiro atoms. The number of hydrogen-bond donors (Lipinski definition) is 1. The molecule has 1 aromatic carbocycles. The molecule has 6 atom stereocenters. The summed E-state index contributed by atoms with van der Waals surface area (Å²) in [4.78, 5) is 29.9. The van der Waals surface area contributed by atoms with Crippen molar-refractivity contribution in [2.75, 3.05) is 39.7 Å². The summed E-state index contributed by atoms with van der Waals surface area (Å²) in [5, 5.41) is 3.08. The standard InChI is InChI=1S/C23H30N2O5/c1-5-14-8-13-11-23(21(27)30-4)19(14)25(12-13)7-6-22(23)15-9-17(28-2)18(29-3)10-16(15)24-20(22)26/h9-10,13-14,19H,5-8,11-12H2,1-4H3,(H,24,26)/t13-,14-,19-,22-,23+/m1/s1. The van der Waals surface area contributed by atoms with Crippen LogP contribution in [0.1, 0.15) is 38.2 Å². The quantitative estimate of drug-likeness (QED) is 0.763. The third-order valence-electron chi connectivity index (χ3n) is 8.31. The first-order chi connectivity index (χ1) is 14.5. The van der Waals surface area contributed by atoms with Crippen LogP contribution in [0.4, 0.5) is 5.69 Å². The molecule has 1 N–H and O–H groups in total. The predicted molar refractivity (Wildman–Crippen MR) is 111 cm³/mol. The zero-order valence-electron chi connectivity index (χ0n) is 18.1. The van der Waals surface area contributed by atoms with Crippen molar-refractivity contribution in [3.8, 4) is 11.5 Å². The molecule has 5 aliphatic rings. The molecule has 1 unspecified atom stereocenters. The summed E-state index contributed by atoms with van der Waals surface area (Å²) >= 11 is 0. The van der Waals surface area contributed by atoms with E-state index in [2.05, 4.69) is 17.1 Å². The fourth-order valence-corrected chi connectivity index (χ4v) is 7.33. The number of fused-ring (bicyclic) bond motifs is 3. The molecule has 4 fully saturated rings. The van der Waals surface area contributed by atoms with Crippen LogP contribution in [-0.4, -0.2) is 57.2 Å². The van der Waals surface area contributed by atoms with Gasteiger partial charge in [0.25, 0.3) is 0 Å². The van der Waals surface area contributed by atoms with Crippen LogP contribution in [0.25, 0.3) is 0 Å². The van der Waals surface area contributed by atoms with E-state index >= 15 is 0 Å². The Labute approximate surface area is 177 Å². The Kier molecular flexibility index (Phi) is 4.33. The summed E-state index contributed by atoms with van der Waals surface area (Å²) in [7, 11) is 4.63. The van der Waals surface area contributed by atoms with Gasteiger partial charge in [-0.25, -0.2) is 0 Å². The zero-order chi connectivity index (χ0) is 21.3. The van der Waals surface area contributed by atoms with E-state index in [1.807, 2.05) is 12.1 Å². The normalized spacial score (nSPS) is 38.2. The third kappa shape index (κ3) is 2.14. The summed E-state index contributed by atoms with van der Waals surface area (Å²) in [5.74, 6) is 1.56. The molecule has 1 amide bonds. The Bertz CT molecular complexity index is 909. The number of carbonyl (C=O) groups is 2. The molecule has 162 valence electrons. The van der Waals surface area contributed by atoms with E-state index in [1.165, 1.54) is 7.11 Å². The van der Waals surface area contributed by atoms with Crippen LogP contribution in [0.3, 0.4) is 0 Å². The average Bonchev–Trinajstić information content (AvgIpc) is 3.05. The van der Waals surface area contributed by atoms with Crippen LogP contribution < -0.4 is 14.8 Å². The number of amides is 1. The Hall–Kier alpha value is -2.28. The van der Waals surface area contributed by atoms with Gasteiger partial charge in [0, 0.05) is 24.3 Å². The predicted octanol–water partition coefficient (Wildman–Crippen LogP) is 2.58. The number of rotatable bonds is 4. The molecule has 6 rings (SSSR count). The van der Waals surface area contributed by atoms with Gasteiger partial charge in [-0.15, -0.1) is 0 Å². The first-order valence-electron chi connectivity index (χ1n) is 10.9. The molecule has 0 radical (unpaired) electrons. The molecular weight excluding hydrogens is 384 g/mol. The van der Waals surface area contributed by atoms with E-state index in [-0.39, 0.29) is 17.9 Å². The third-order valence-corrected chi connectivity index (χ3v) is 8.31. The number of carbonyl (C=O) groups excluding carboxylic acids is 2. The van der Waals surface area contributed by atoms with Gasteiger partial charge in [-0.2, -0.15) is 0 Å². The lowest BCUT2D eigenvalue weighted by Crippen LogP contribution is -2.76. The topological polar surface area (TPSA) is 77.1 Å². The van der Waals surface area contributed by atoms with Gasteiger partial charge in [-0.05, 0) is 49.3 Å². The van der Waals surface area contributed by atoms with Crippen molar-refractivity contribution in [2.45, 2.75) is 44.1 Å². The molecule has 4 bridgehead atoms. The molecule has 7 heteroatoms. The van der Waals surface area contributed by atoms with E-state index < -0.39 is 10.8 Å². The second-order valence-electron chi connectivity index (χ2n) is 9.24. The highest BCUT2D eigenvalue weighted by atomic mass is 16.5. The number of piperidine rings is 3. The van der Waals surface area contributed by atoms with Gasteiger partial charge in [0.1, 0.15) is 5.41 Å². The van der Waals surface area contributed by atoms with Crippen molar-refractivity contribution < 1.29 is 23.8 Å². The fraction of sp³-hybridized carbons (Fsp3) is 0.652. The number of benzene rings is 1. The molecule has 0 aromatic heterocycles. The minimum Gasteiger partial charge on any atom is -0.493 e. The largest absolute Gasteiger partial charge is 0.493 e.